The number of piperidine rings is 1. The molecule has 2 aliphatic rings. The molecule has 0 spiro atoms. The predicted octanol–water partition coefficient (Wildman–Crippen LogP) is 2.58. The van der Waals surface area contributed by atoms with Crippen molar-refractivity contribution in [1.29, 1.82) is 0 Å². The molecule has 0 bridgehead atoms. The van der Waals surface area contributed by atoms with E-state index in [1.54, 1.807) is 10.8 Å². The molecule has 2 fully saturated rings. The highest BCUT2D eigenvalue weighted by atomic mass is 16.1. The number of ketones is 1. The number of anilines is 1. The Labute approximate surface area is 158 Å². The molecule has 4 rings (SSSR count). The lowest BCUT2D eigenvalue weighted by Crippen LogP contribution is -2.36. The fourth-order valence-electron chi connectivity index (χ4n) is 4.47. The Morgan fingerprint density at radius 2 is 1.93 bits per heavy atom. The van der Waals surface area contributed by atoms with Crippen LogP contribution in [0, 0.1) is 6.92 Å². The normalized spacial score (nSPS) is 18.9. The third-order valence-electron chi connectivity index (χ3n) is 5.92. The van der Waals surface area contributed by atoms with E-state index in [0.717, 1.165) is 57.0 Å². The average Bonchev–Trinajstić information content (AvgIpc) is 3.16. The van der Waals surface area contributed by atoms with Crippen molar-refractivity contribution in [2.45, 2.75) is 64.5 Å². The first-order valence-corrected chi connectivity index (χ1v) is 9.96. The lowest BCUT2D eigenvalue weighted by Gasteiger charge is -2.24. The number of nitrogens with one attached hydrogen (secondary N) is 2. The molecule has 27 heavy (non-hydrogen) atoms. The summed E-state index contributed by atoms with van der Waals surface area (Å²) in [5.41, 5.74) is 1.41. The molecule has 0 amide bonds. The highest BCUT2D eigenvalue weighted by Gasteiger charge is 2.26. The monoisotopic (exact) mass is 369 g/mol. The van der Waals surface area contributed by atoms with Crippen LogP contribution >= 0.6 is 0 Å². The summed E-state index contributed by atoms with van der Waals surface area (Å²) in [5, 5.41) is 7.57. The van der Waals surface area contributed by atoms with E-state index in [-0.39, 0.29) is 22.9 Å². The first-order valence-electron chi connectivity index (χ1n) is 9.96. The molecular formula is C20H27N5O2. The lowest BCUT2D eigenvalue weighted by molar-refractivity contribution is 0.101. The molecule has 7 nitrogen and oxygen atoms in total. The topological polar surface area (TPSA) is 88.9 Å². The Bertz CT molecular complexity index is 924. The van der Waals surface area contributed by atoms with E-state index in [2.05, 4.69) is 15.6 Å². The molecule has 0 atom stereocenters. The molecule has 144 valence electrons. The summed E-state index contributed by atoms with van der Waals surface area (Å²) in [6, 6.07) is 0.452. The van der Waals surface area contributed by atoms with Crippen LogP contribution in [-0.4, -0.2) is 39.4 Å². The number of hydrogen-bond acceptors (Lipinski definition) is 6. The van der Waals surface area contributed by atoms with Crippen molar-refractivity contribution < 1.29 is 4.79 Å². The average molecular weight is 369 g/mol. The van der Waals surface area contributed by atoms with E-state index in [1.165, 1.54) is 6.92 Å². The summed E-state index contributed by atoms with van der Waals surface area (Å²) in [5.74, 6) is 0.374. The van der Waals surface area contributed by atoms with Crippen molar-refractivity contribution in [2.75, 3.05) is 18.4 Å². The largest absolute Gasteiger partial charge is 0.351 e. The van der Waals surface area contributed by atoms with Crippen LogP contribution < -0.4 is 16.2 Å². The van der Waals surface area contributed by atoms with Crippen molar-refractivity contribution in [2.24, 2.45) is 0 Å². The molecule has 1 saturated carbocycles. The van der Waals surface area contributed by atoms with Crippen LogP contribution in [0.4, 0.5) is 5.95 Å². The third-order valence-corrected chi connectivity index (χ3v) is 5.92. The Hall–Kier alpha value is -2.28. The summed E-state index contributed by atoms with van der Waals surface area (Å²) in [7, 11) is 0. The second-order valence-corrected chi connectivity index (χ2v) is 7.77. The van der Waals surface area contributed by atoms with E-state index in [0.29, 0.717) is 23.2 Å². The van der Waals surface area contributed by atoms with Gasteiger partial charge in [0.15, 0.2) is 5.78 Å². The van der Waals surface area contributed by atoms with Crippen molar-refractivity contribution in [3.63, 3.8) is 0 Å². The first kappa shape index (κ1) is 18.1. The fourth-order valence-corrected chi connectivity index (χ4v) is 4.47. The molecule has 2 N–H and O–H groups in total. The number of hydrogen-bond donors (Lipinski definition) is 2. The standard InChI is InChI=1S/C20H27N5O2/c1-12-16-11-22-20(23-14-7-9-21-10-8-14)24-18(16)25(15-5-3-4-6-15)19(27)17(12)13(2)26/h11,14-15,21H,3-10H2,1-2H3,(H,22,23,24). The second-order valence-electron chi connectivity index (χ2n) is 7.77. The number of Topliss-reactive ketones (excluding diaryl/α,β-unsaturated/α-hetero) is 1. The van der Waals surface area contributed by atoms with Gasteiger partial charge in [0.05, 0.1) is 5.56 Å². The van der Waals surface area contributed by atoms with Crippen LogP contribution in [-0.2, 0) is 0 Å². The number of rotatable bonds is 4. The van der Waals surface area contributed by atoms with Gasteiger partial charge in [-0.3, -0.25) is 14.2 Å². The summed E-state index contributed by atoms with van der Waals surface area (Å²) in [6.07, 6.45) is 7.93. The maximum atomic E-state index is 13.2. The maximum absolute atomic E-state index is 13.2. The number of fused-ring (bicyclic) bond motifs is 1. The maximum Gasteiger partial charge on any atom is 0.263 e. The minimum atomic E-state index is -0.203. The highest BCUT2D eigenvalue weighted by Crippen LogP contribution is 2.31. The van der Waals surface area contributed by atoms with Gasteiger partial charge in [-0.2, -0.15) is 4.98 Å². The van der Waals surface area contributed by atoms with E-state index in [1.807, 2.05) is 6.92 Å². The van der Waals surface area contributed by atoms with Crippen molar-refractivity contribution >= 4 is 22.8 Å². The van der Waals surface area contributed by atoms with Gasteiger partial charge in [-0.25, -0.2) is 4.98 Å². The van der Waals surface area contributed by atoms with Gasteiger partial charge in [-0.1, -0.05) is 12.8 Å². The van der Waals surface area contributed by atoms with Crippen molar-refractivity contribution in [3.05, 3.63) is 27.7 Å². The predicted molar refractivity (Wildman–Crippen MR) is 106 cm³/mol. The van der Waals surface area contributed by atoms with Gasteiger partial charge in [0, 0.05) is 23.7 Å². The Morgan fingerprint density at radius 3 is 2.59 bits per heavy atom. The molecule has 2 aromatic heterocycles. The second kappa shape index (κ2) is 7.38. The number of aryl methyl sites for hydroxylation is 1. The number of nitrogens with zero attached hydrogens (tertiary/aromatic N) is 3. The quantitative estimate of drug-likeness (QED) is 0.805. The van der Waals surface area contributed by atoms with Crippen LogP contribution in [0.1, 0.15) is 67.4 Å². The highest BCUT2D eigenvalue weighted by molar-refractivity contribution is 5.99. The minimum Gasteiger partial charge on any atom is -0.351 e. The number of aromatic nitrogens is 3. The summed E-state index contributed by atoms with van der Waals surface area (Å²) in [4.78, 5) is 34.6. The SMILES string of the molecule is CC(=O)c1c(C)c2cnc(NC3CCNCC3)nc2n(C2CCCC2)c1=O. The zero-order valence-electron chi connectivity index (χ0n) is 16.0. The Balaban J connectivity index is 1.85. The molecule has 1 saturated heterocycles. The van der Waals surface area contributed by atoms with Crippen molar-refractivity contribution in [3.8, 4) is 0 Å². The van der Waals surface area contributed by atoms with Crippen LogP contribution in [0.2, 0.25) is 0 Å². The van der Waals surface area contributed by atoms with Gasteiger partial charge >= 0.3 is 0 Å². The molecule has 1 aliphatic carbocycles. The summed E-state index contributed by atoms with van der Waals surface area (Å²) in [6.45, 7) is 5.25. The first-order chi connectivity index (χ1) is 13.1. The van der Waals surface area contributed by atoms with Gasteiger partial charge in [0.1, 0.15) is 5.65 Å². The van der Waals surface area contributed by atoms with E-state index in [4.69, 9.17) is 4.98 Å². The molecule has 1 aliphatic heterocycles. The molecule has 7 heteroatoms. The molecule has 0 radical (unpaired) electrons. The van der Waals surface area contributed by atoms with Crippen LogP contribution in [0.15, 0.2) is 11.0 Å². The smallest absolute Gasteiger partial charge is 0.263 e. The number of carbonyl (C=O) groups excluding carboxylic acids is 1. The van der Waals surface area contributed by atoms with E-state index in [9.17, 15) is 9.59 Å². The summed E-state index contributed by atoms with van der Waals surface area (Å²) >= 11 is 0. The molecule has 3 heterocycles. The van der Waals surface area contributed by atoms with Crippen LogP contribution in [0.3, 0.4) is 0 Å². The van der Waals surface area contributed by atoms with Crippen molar-refractivity contribution in [1.82, 2.24) is 19.9 Å². The molecular weight excluding hydrogens is 342 g/mol. The lowest BCUT2D eigenvalue weighted by atomic mass is 10.0. The van der Waals surface area contributed by atoms with Gasteiger partial charge in [0.25, 0.3) is 5.56 Å². The zero-order chi connectivity index (χ0) is 19.0. The van der Waals surface area contributed by atoms with Crippen LogP contribution in [0.5, 0.6) is 0 Å². The Kier molecular flexibility index (Phi) is 4.95. The van der Waals surface area contributed by atoms with Crippen LogP contribution in [0.25, 0.3) is 11.0 Å². The van der Waals surface area contributed by atoms with Gasteiger partial charge in [-0.05, 0) is 58.2 Å². The summed E-state index contributed by atoms with van der Waals surface area (Å²) < 4.78 is 1.77. The van der Waals surface area contributed by atoms with Gasteiger partial charge < -0.3 is 10.6 Å². The Morgan fingerprint density at radius 1 is 1.22 bits per heavy atom. The molecule has 0 aromatic carbocycles. The number of carbonyl (C=O) groups is 1. The number of pyridine rings is 1. The minimum absolute atomic E-state index is 0.111. The fraction of sp³-hybridized carbons (Fsp3) is 0.600. The van der Waals surface area contributed by atoms with Gasteiger partial charge in [-0.15, -0.1) is 0 Å². The third kappa shape index (κ3) is 3.36. The van der Waals surface area contributed by atoms with E-state index >= 15 is 0 Å². The molecule has 2 aromatic rings. The van der Waals surface area contributed by atoms with Gasteiger partial charge in [0.2, 0.25) is 5.95 Å². The zero-order valence-corrected chi connectivity index (χ0v) is 16.0. The molecule has 0 unspecified atom stereocenters. The van der Waals surface area contributed by atoms with E-state index < -0.39 is 0 Å².